The van der Waals surface area contributed by atoms with Crippen molar-refractivity contribution in [3.8, 4) is 11.5 Å². The molecule has 0 aliphatic carbocycles. The molecule has 140 valence electrons. The standard InChI is InChI=1S/C20H25FN2O3/c1-25-18-10-9-15(14-19(18)26-2)6-5-12-22-20(24)23-13-11-16-7-3-4-8-17(16)21/h3-4,7-10,14H,5-6,11-13H2,1-2H3,(H2,22,23,24). The molecule has 0 spiro atoms. The highest BCUT2D eigenvalue weighted by Gasteiger charge is 2.05. The number of benzene rings is 2. The van der Waals surface area contributed by atoms with Gasteiger partial charge in [-0.3, -0.25) is 0 Å². The molecule has 6 heteroatoms. The summed E-state index contributed by atoms with van der Waals surface area (Å²) >= 11 is 0. The van der Waals surface area contributed by atoms with E-state index in [0.717, 1.165) is 18.4 Å². The van der Waals surface area contributed by atoms with Crippen LogP contribution in [0.5, 0.6) is 11.5 Å². The molecular weight excluding hydrogens is 335 g/mol. The van der Waals surface area contributed by atoms with Gasteiger partial charge in [0.05, 0.1) is 14.2 Å². The monoisotopic (exact) mass is 360 g/mol. The molecule has 2 N–H and O–H groups in total. The largest absolute Gasteiger partial charge is 0.493 e. The molecule has 2 aromatic rings. The van der Waals surface area contributed by atoms with Gasteiger partial charge in [-0.15, -0.1) is 0 Å². The fraction of sp³-hybridized carbons (Fsp3) is 0.350. The van der Waals surface area contributed by atoms with Crippen LogP contribution in [0.3, 0.4) is 0 Å². The molecule has 0 unspecified atom stereocenters. The second-order valence-electron chi connectivity index (χ2n) is 5.82. The highest BCUT2D eigenvalue weighted by molar-refractivity contribution is 5.73. The van der Waals surface area contributed by atoms with Gasteiger partial charge in [0.15, 0.2) is 11.5 Å². The average molecular weight is 360 g/mol. The third-order valence-electron chi connectivity index (χ3n) is 4.01. The van der Waals surface area contributed by atoms with Crippen LogP contribution in [0.4, 0.5) is 9.18 Å². The fourth-order valence-corrected chi connectivity index (χ4v) is 2.60. The second-order valence-corrected chi connectivity index (χ2v) is 5.82. The number of ether oxygens (including phenoxy) is 2. The van der Waals surface area contributed by atoms with E-state index in [2.05, 4.69) is 10.6 Å². The number of halogens is 1. The Kier molecular flexibility index (Phi) is 7.74. The average Bonchev–Trinajstić information content (AvgIpc) is 2.66. The Morgan fingerprint density at radius 1 is 0.962 bits per heavy atom. The number of aryl methyl sites for hydroxylation is 1. The molecule has 2 aromatic carbocycles. The lowest BCUT2D eigenvalue weighted by molar-refractivity contribution is 0.241. The number of hydrogen-bond acceptors (Lipinski definition) is 3. The summed E-state index contributed by atoms with van der Waals surface area (Å²) in [6.07, 6.45) is 2.08. The van der Waals surface area contributed by atoms with E-state index in [4.69, 9.17) is 9.47 Å². The SMILES string of the molecule is COc1ccc(CCCNC(=O)NCCc2ccccc2F)cc1OC. The lowest BCUT2D eigenvalue weighted by Crippen LogP contribution is -2.37. The van der Waals surface area contributed by atoms with Crippen LogP contribution in [0.1, 0.15) is 17.5 Å². The van der Waals surface area contributed by atoms with Crippen molar-refractivity contribution in [1.82, 2.24) is 10.6 Å². The highest BCUT2D eigenvalue weighted by Crippen LogP contribution is 2.27. The molecule has 0 atom stereocenters. The zero-order valence-corrected chi connectivity index (χ0v) is 15.2. The van der Waals surface area contributed by atoms with Gasteiger partial charge < -0.3 is 20.1 Å². The van der Waals surface area contributed by atoms with Gasteiger partial charge in [-0.2, -0.15) is 0 Å². The predicted octanol–water partition coefficient (Wildman–Crippen LogP) is 3.32. The Labute approximate surface area is 153 Å². The quantitative estimate of drug-likeness (QED) is 0.675. The van der Waals surface area contributed by atoms with Crippen LogP contribution in [0.2, 0.25) is 0 Å². The van der Waals surface area contributed by atoms with Crippen LogP contribution in [0, 0.1) is 5.82 Å². The number of hydrogen-bond donors (Lipinski definition) is 2. The second kappa shape index (κ2) is 10.3. The van der Waals surface area contributed by atoms with E-state index in [1.54, 1.807) is 32.4 Å². The molecule has 0 aliphatic heterocycles. The minimum Gasteiger partial charge on any atom is -0.493 e. The van der Waals surface area contributed by atoms with Crippen molar-refractivity contribution < 1.29 is 18.7 Å². The van der Waals surface area contributed by atoms with Crippen LogP contribution < -0.4 is 20.1 Å². The van der Waals surface area contributed by atoms with Crippen LogP contribution in [-0.4, -0.2) is 33.3 Å². The van der Waals surface area contributed by atoms with Crippen LogP contribution in [0.15, 0.2) is 42.5 Å². The smallest absolute Gasteiger partial charge is 0.314 e. The van der Waals surface area contributed by atoms with Gasteiger partial charge in [0.1, 0.15) is 5.82 Å². The van der Waals surface area contributed by atoms with Crippen LogP contribution in [0.25, 0.3) is 0 Å². The number of carbonyl (C=O) groups excluding carboxylic acids is 1. The van der Waals surface area contributed by atoms with Gasteiger partial charge in [0, 0.05) is 13.1 Å². The van der Waals surface area contributed by atoms with E-state index >= 15 is 0 Å². The number of methoxy groups -OCH3 is 2. The molecule has 2 rings (SSSR count). The maximum atomic E-state index is 13.5. The van der Waals surface area contributed by atoms with Gasteiger partial charge in [-0.1, -0.05) is 24.3 Å². The molecule has 0 radical (unpaired) electrons. The summed E-state index contributed by atoms with van der Waals surface area (Å²) in [5, 5.41) is 5.54. The Hall–Kier alpha value is -2.76. The normalized spacial score (nSPS) is 10.3. The summed E-state index contributed by atoms with van der Waals surface area (Å²) in [5.74, 6) is 1.15. The topological polar surface area (TPSA) is 59.6 Å². The number of urea groups is 1. The van der Waals surface area contributed by atoms with Gasteiger partial charge in [-0.25, -0.2) is 9.18 Å². The zero-order valence-electron chi connectivity index (χ0n) is 15.2. The van der Waals surface area contributed by atoms with Gasteiger partial charge in [0.2, 0.25) is 0 Å². The van der Waals surface area contributed by atoms with E-state index in [1.165, 1.54) is 6.07 Å². The lowest BCUT2D eigenvalue weighted by atomic mass is 10.1. The van der Waals surface area contributed by atoms with Crippen molar-refractivity contribution in [1.29, 1.82) is 0 Å². The van der Waals surface area contributed by atoms with Crippen molar-refractivity contribution in [3.63, 3.8) is 0 Å². The minimum atomic E-state index is -0.246. The summed E-state index contributed by atoms with van der Waals surface area (Å²) in [5.41, 5.74) is 1.71. The molecule has 0 heterocycles. The summed E-state index contributed by atoms with van der Waals surface area (Å²) in [7, 11) is 3.21. The first kappa shape index (κ1) is 19.6. The lowest BCUT2D eigenvalue weighted by Gasteiger charge is -2.10. The first-order valence-electron chi connectivity index (χ1n) is 8.60. The van der Waals surface area contributed by atoms with Gasteiger partial charge in [-0.05, 0) is 48.6 Å². The van der Waals surface area contributed by atoms with E-state index in [9.17, 15) is 9.18 Å². The maximum absolute atomic E-state index is 13.5. The molecule has 0 aromatic heterocycles. The van der Waals surface area contributed by atoms with E-state index in [-0.39, 0.29) is 11.8 Å². The Morgan fingerprint density at radius 3 is 2.42 bits per heavy atom. The van der Waals surface area contributed by atoms with Crippen LogP contribution >= 0.6 is 0 Å². The van der Waals surface area contributed by atoms with Crippen LogP contribution in [-0.2, 0) is 12.8 Å². The van der Waals surface area contributed by atoms with Crippen molar-refractivity contribution in [2.75, 3.05) is 27.3 Å². The fourth-order valence-electron chi connectivity index (χ4n) is 2.60. The summed E-state index contributed by atoms with van der Waals surface area (Å²) in [4.78, 5) is 11.8. The molecule has 2 amide bonds. The molecule has 0 saturated carbocycles. The number of rotatable bonds is 9. The molecular formula is C20H25FN2O3. The molecule has 0 bridgehead atoms. The van der Waals surface area contributed by atoms with E-state index in [0.29, 0.717) is 36.6 Å². The summed E-state index contributed by atoms with van der Waals surface area (Å²) < 4.78 is 24.0. The molecule has 0 saturated heterocycles. The van der Waals surface area contributed by atoms with Crippen molar-refractivity contribution in [2.45, 2.75) is 19.3 Å². The van der Waals surface area contributed by atoms with Crippen molar-refractivity contribution in [2.24, 2.45) is 0 Å². The minimum absolute atomic E-state index is 0.242. The Bertz CT molecular complexity index is 722. The third kappa shape index (κ3) is 5.95. The third-order valence-corrected chi connectivity index (χ3v) is 4.01. The van der Waals surface area contributed by atoms with Gasteiger partial charge in [0.25, 0.3) is 0 Å². The molecule has 26 heavy (non-hydrogen) atoms. The molecule has 0 fully saturated rings. The maximum Gasteiger partial charge on any atom is 0.314 e. The number of amides is 2. The first-order valence-corrected chi connectivity index (χ1v) is 8.60. The first-order chi connectivity index (χ1) is 12.6. The van der Waals surface area contributed by atoms with Crippen molar-refractivity contribution in [3.05, 3.63) is 59.4 Å². The van der Waals surface area contributed by atoms with E-state index < -0.39 is 0 Å². The molecule has 5 nitrogen and oxygen atoms in total. The summed E-state index contributed by atoms with van der Waals surface area (Å²) in [6, 6.07) is 12.1. The van der Waals surface area contributed by atoms with E-state index in [1.807, 2.05) is 18.2 Å². The number of nitrogens with one attached hydrogen (secondary N) is 2. The van der Waals surface area contributed by atoms with Gasteiger partial charge >= 0.3 is 6.03 Å². The zero-order chi connectivity index (χ0) is 18.8. The van der Waals surface area contributed by atoms with Crippen molar-refractivity contribution >= 4 is 6.03 Å². The highest BCUT2D eigenvalue weighted by atomic mass is 19.1. The summed E-state index contributed by atoms with van der Waals surface area (Å²) in [6.45, 7) is 0.947. The predicted molar refractivity (Wildman–Crippen MR) is 99.4 cm³/mol. The number of carbonyl (C=O) groups is 1. The molecule has 0 aliphatic rings. The Morgan fingerprint density at radius 2 is 1.69 bits per heavy atom. The Balaban J connectivity index is 1.65.